The highest BCUT2D eigenvalue weighted by Crippen LogP contribution is 2.28. The topological polar surface area (TPSA) is 78.7 Å². The maximum Gasteiger partial charge on any atom is 0.216 e. The Morgan fingerprint density at radius 3 is 2.62 bits per heavy atom. The lowest BCUT2D eigenvalue weighted by atomic mass is 10.2. The lowest BCUT2D eigenvalue weighted by Crippen LogP contribution is -2.08. The first-order valence-corrected chi connectivity index (χ1v) is 8.27. The fourth-order valence-corrected chi connectivity index (χ4v) is 2.60. The minimum Gasteiger partial charge on any atom is -0.504 e. The number of hydrogen-bond donors (Lipinski definition) is 2. The van der Waals surface area contributed by atoms with E-state index in [4.69, 9.17) is 17.0 Å². The summed E-state index contributed by atoms with van der Waals surface area (Å²) in [6.07, 6.45) is 1.51. The quantitative estimate of drug-likeness (QED) is 0.533. The third-order valence-electron chi connectivity index (χ3n) is 3.85. The second-order valence-electron chi connectivity index (χ2n) is 5.75. The summed E-state index contributed by atoms with van der Waals surface area (Å²) in [4.78, 5) is 2.02. The van der Waals surface area contributed by atoms with Crippen LogP contribution in [0.2, 0.25) is 0 Å². The van der Waals surface area contributed by atoms with Crippen LogP contribution in [0.3, 0.4) is 0 Å². The van der Waals surface area contributed by atoms with E-state index in [9.17, 15) is 5.11 Å². The van der Waals surface area contributed by atoms with Crippen LogP contribution in [0.25, 0.3) is 11.4 Å². The van der Waals surface area contributed by atoms with Crippen molar-refractivity contribution in [2.24, 2.45) is 5.10 Å². The number of hydrogen-bond acceptors (Lipinski definition) is 6. The molecular weight excluding hydrogens is 350 g/mol. The average Bonchev–Trinajstić information content (AvgIpc) is 3.01. The van der Waals surface area contributed by atoms with Gasteiger partial charge in [-0.1, -0.05) is 6.07 Å². The number of benzene rings is 2. The number of anilines is 1. The average molecular weight is 369 g/mol. The Labute approximate surface area is 156 Å². The van der Waals surface area contributed by atoms with Crippen molar-refractivity contribution in [3.05, 3.63) is 52.8 Å². The number of phenols is 1. The SMILES string of the molecule is COc1cccc(/C=N/n2c(-c3ccc(N(C)C)cc3)n[nH]c2=S)c1O. The zero-order valence-corrected chi connectivity index (χ0v) is 15.5. The summed E-state index contributed by atoms with van der Waals surface area (Å²) in [5.41, 5.74) is 2.47. The van der Waals surface area contributed by atoms with Crippen LogP contribution in [0.4, 0.5) is 5.69 Å². The number of aromatic hydroxyl groups is 1. The Morgan fingerprint density at radius 2 is 1.96 bits per heavy atom. The van der Waals surface area contributed by atoms with E-state index >= 15 is 0 Å². The highest BCUT2D eigenvalue weighted by molar-refractivity contribution is 7.71. The van der Waals surface area contributed by atoms with Crippen molar-refractivity contribution < 1.29 is 9.84 Å². The summed E-state index contributed by atoms with van der Waals surface area (Å²) in [7, 11) is 5.46. The molecule has 0 amide bonds. The molecule has 2 aromatic carbocycles. The summed E-state index contributed by atoms with van der Waals surface area (Å²) in [5, 5.41) is 21.6. The number of aromatic amines is 1. The van der Waals surface area contributed by atoms with E-state index in [0.29, 0.717) is 21.9 Å². The van der Waals surface area contributed by atoms with Crippen LogP contribution < -0.4 is 9.64 Å². The van der Waals surface area contributed by atoms with Gasteiger partial charge in [0.15, 0.2) is 17.3 Å². The van der Waals surface area contributed by atoms with Crippen LogP contribution in [0.1, 0.15) is 5.56 Å². The molecule has 26 heavy (non-hydrogen) atoms. The van der Waals surface area contributed by atoms with Crippen LogP contribution in [0.5, 0.6) is 11.5 Å². The normalized spacial score (nSPS) is 11.0. The van der Waals surface area contributed by atoms with Gasteiger partial charge in [-0.15, -0.1) is 0 Å². The smallest absolute Gasteiger partial charge is 0.216 e. The molecule has 2 N–H and O–H groups in total. The molecule has 0 fully saturated rings. The van der Waals surface area contributed by atoms with E-state index in [-0.39, 0.29) is 5.75 Å². The fourth-order valence-electron chi connectivity index (χ4n) is 2.42. The number of ether oxygens (including phenoxy) is 1. The van der Waals surface area contributed by atoms with Crippen LogP contribution in [0.15, 0.2) is 47.6 Å². The summed E-state index contributed by atoms with van der Waals surface area (Å²) in [5.74, 6) is 0.980. The van der Waals surface area contributed by atoms with Gasteiger partial charge in [0.05, 0.1) is 13.3 Å². The van der Waals surface area contributed by atoms with Gasteiger partial charge >= 0.3 is 0 Å². The Bertz CT molecular complexity index is 990. The van der Waals surface area contributed by atoms with Crippen molar-refractivity contribution in [2.45, 2.75) is 0 Å². The maximum absolute atomic E-state index is 10.2. The zero-order chi connectivity index (χ0) is 18.7. The van der Waals surface area contributed by atoms with Crippen molar-refractivity contribution >= 4 is 24.1 Å². The summed E-state index contributed by atoms with van der Waals surface area (Å²) in [6.45, 7) is 0. The van der Waals surface area contributed by atoms with Crippen molar-refractivity contribution in [2.75, 3.05) is 26.1 Å². The van der Waals surface area contributed by atoms with E-state index in [1.165, 1.54) is 18.0 Å². The van der Waals surface area contributed by atoms with E-state index in [1.807, 2.05) is 43.3 Å². The Morgan fingerprint density at radius 1 is 1.23 bits per heavy atom. The van der Waals surface area contributed by atoms with Crippen LogP contribution in [-0.2, 0) is 0 Å². The molecule has 1 aromatic heterocycles. The van der Waals surface area contributed by atoms with Gasteiger partial charge in [0.2, 0.25) is 4.77 Å². The highest BCUT2D eigenvalue weighted by atomic mass is 32.1. The fraction of sp³-hybridized carbons (Fsp3) is 0.167. The molecule has 0 spiro atoms. The molecule has 0 saturated heterocycles. The van der Waals surface area contributed by atoms with E-state index in [1.54, 1.807) is 18.2 Å². The molecule has 1 heterocycles. The zero-order valence-electron chi connectivity index (χ0n) is 14.7. The molecule has 3 aromatic rings. The third-order valence-corrected chi connectivity index (χ3v) is 4.12. The molecule has 0 unspecified atom stereocenters. The molecule has 7 nitrogen and oxygen atoms in total. The molecular formula is C18H19N5O2S. The number of aromatic nitrogens is 3. The second kappa shape index (κ2) is 7.40. The van der Waals surface area contributed by atoms with Gasteiger partial charge in [-0.2, -0.15) is 14.9 Å². The number of rotatable bonds is 5. The molecule has 0 saturated carbocycles. The minimum absolute atomic E-state index is 0.0191. The Hall–Kier alpha value is -3.13. The summed E-state index contributed by atoms with van der Waals surface area (Å²) >= 11 is 5.27. The monoisotopic (exact) mass is 369 g/mol. The van der Waals surface area contributed by atoms with Gasteiger partial charge < -0.3 is 14.7 Å². The Balaban J connectivity index is 1.97. The Kier molecular flexibility index (Phi) is 5.04. The molecule has 0 aliphatic heterocycles. The molecule has 0 radical (unpaired) electrons. The molecule has 0 aliphatic rings. The predicted molar refractivity (Wildman–Crippen MR) is 105 cm³/mol. The van der Waals surface area contributed by atoms with E-state index < -0.39 is 0 Å². The van der Waals surface area contributed by atoms with Gasteiger partial charge in [0.25, 0.3) is 0 Å². The number of nitrogens with zero attached hydrogens (tertiary/aromatic N) is 4. The van der Waals surface area contributed by atoms with Crippen molar-refractivity contribution in [3.8, 4) is 22.9 Å². The van der Waals surface area contributed by atoms with Gasteiger partial charge in [0, 0.05) is 30.9 Å². The van der Waals surface area contributed by atoms with Crippen molar-refractivity contribution in [1.82, 2.24) is 14.9 Å². The number of phenolic OH excluding ortho intramolecular Hbond substituents is 1. The lowest BCUT2D eigenvalue weighted by molar-refractivity contribution is 0.373. The summed E-state index contributed by atoms with van der Waals surface area (Å²) < 4.78 is 6.98. The minimum atomic E-state index is 0.0191. The summed E-state index contributed by atoms with van der Waals surface area (Å²) in [6, 6.07) is 13.1. The molecule has 0 atom stereocenters. The predicted octanol–water partition coefficient (Wildman–Crippen LogP) is 3.27. The van der Waals surface area contributed by atoms with Gasteiger partial charge in [0.1, 0.15) is 0 Å². The lowest BCUT2D eigenvalue weighted by Gasteiger charge is -2.12. The molecule has 0 aliphatic carbocycles. The maximum atomic E-state index is 10.2. The number of nitrogens with one attached hydrogen (secondary N) is 1. The first-order valence-electron chi connectivity index (χ1n) is 7.86. The van der Waals surface area contributed by atoms with Crippen molar-refractivity contribution in [1.29, 1.82) is 0 Å². The largest absolute Gasteiger partial charge is 0.504 e. The van der Waals surface area contributed by atoms with Gasteiger partial charge in [-0.05, 0) is 48.6 Å². The number of para-hydroxylation sites is 1. The number of H-pyrrole nitrogens is 1. The first kappa shape index (κ1) is 17.7. The molecule has 8 heteroatoms. The molecule has 0 bridgehead atoms. The molecule has 134 valence electrons. The van der Waals surface area contributed by atoms with E-state index in [2.05, 4.69) is 15.3 Å². The first-order chi connectivity index (χ1) is 12.5. The second-order valence-corrected chi connectivity index (χ2v) is 6.13. The van der Waals surface area contributed by atoms with Crippen LogP contribution in [0, 0.1) is 4.77 Å². The van der Waals surface area contributed by atoms with Crippen molar-refractivity contribution in [3.63, 3.8) is 0 Å². The third kappa shape index (κ3) is 3.45. The van der Waals surface area contributed by atoms with E-state index in [0.717, 1.165) is 11.3 Å². The van der Waals surface area contributed by atoms with Crippen LogP contribution >= 0.6 is 12.2 Å². The number of methoxy groups -OCH3 is 1. The molecule has 3 rings (SSSR count). The standard InChI is InChI=1S/C18H19N5O2S/c1-22(2)14-9-7-12(8-10-14)17-20-21-18(26)23(17)19-11-13-5-4-6-15(25-3)16(13)24/h4-11,24H,1-3H3,(H,21,26)/b19-11+. The van der Waals surface area contributed by atoms with Crippen LogP contribution in [-0.4, -0.2) is 47.4 Å². The highest BCUT2D eigenvalue weighted by Gasteiger charge is 2.10. The van der Waals surface area contributed by atoms with Gasteiger partial charge in [-0.25, -0.2) is 5.10 Å². The van der Waals surface area contributed by atoms with Gasteiger partial charge in [-0.3, -0.25) is 0 Å².